The van der Waals surface area contributed by atoms with E-state index in [4.69, 9.17) is 13.9 Å². The number of hydrogen-bond donors (Lipinski definition) is 2. The van der Waals surface area contributed by atoms with Crippen LogP contribution in [-0.2, 0) is 14.8 Å². The number of carbonyl (C=O) groups excluding carboxylic acids is 1. The summed E-state index contributed by atoms with van der Waals surface area (Å²) in [6.45, 7) is 1.35. The van der Waals surface area contributed by atoms with Crippen LogP contribution in [0.5, 0.6) is 11.5 Å². The van der Waals surface area contributed by atoms with Crippen molar-refractivity contribution in [1.29, 1.82) is 0 Å². The van der Waals surface area contributed by atoms with Crippen molar-refractivity contribution in [3.8, 4) is 22.8 Å². The molecule has 0 fully saturated rings. The standard InChI is InChI=1S/C28H27FN2O7S/c1-16-22-12-23-25(13-24(22)31(39(3,34)35)14-21(15-32)36-16)38-27(26(23)28(33)30-2)17-4-8-19(9-5-17)37-20-10-6-18(29)7-11-20/h4-13,16,21,32H,14-15H2,1-3H3,(H,30,33). The first kappa shape index (κ1) is 26.7. The number of anilines is 1. The fraction of sp³-hybridized carbons (Fsp3) is 0.250. The Morgan fingerprint density at radius 1 is 1.13 bits per heavy atom. The van der Waals surface area contributed by atoms with Gasteiger partial charge < -0.3 is 24.3 Å². The highest BCUT2D eigenvalue weighted by molar-refractivity contribution is 7.92. The molecule has 2 N–H and O–H groups in total. The monoisotopic (exact) mass is 554 g/mol. The maximum absolute atomic E-state index is 13.2. The smallest absolute Gasteiger partial charge is 0.255 e. The SMILES string of the molecule is CNC(=O)c1c(-c2ccc(Oc3ccc(F)cc3)cc2)oc2cc3c(cc12)C(C)OC(CO)CN3S(C)(=O)=O. The predicted molar refractivity (Wildman–Crippen MR) is 144 cm³/mol. The number of amides is 1. The second kappa shape index (κ2) is 10.3. The zero-order chi connectivity index (χ0) is 27.9. The summed E-state index contributed by atoms with van der Waals surface area (Å²) in [6, 6.07) is 15.8. The van der Waals surface area contributed by atoms with Gasteiger partial charge in [-0.25, -0.2) is 12.8 Å². The first-order valence-corrected chi connectivity index (χ1v) is 14.0. The zero-order valence-corrected chi connectivity index (χ0v) is 22.3. The van der Waals surface area contributed by atoms with E-state index in [2.05, 4.69) is 5.32 Å². The van der Waals surface area contributed by atoms with Crippen LogP contribution in [0.4, 0.5) is 10.1 Å². The van der Waals surface area contributed by atoms with E-state index in [1.54, 1.807) is 43.3 Å². The maximum atomic E-state index is 13.2. The summed E-state index contributed by atoms with van der Waals surface area (Å²) >= 11 is 0. The number of sulfonamides is 1. The lowest BCUT2D eigenvalue weighted by Crippen LogP contribution is -2.38. The van der Waals surface area contributed by atoms with Gasteiger partial charge in [0, 0.05) is 29.6 Å². The Morgan fingerprint density at radius 3 is 2.36 bits per heavy atom. The van der Waals surface area contributed by atoms with Crippen molar-refractivity contribution >= 4 is 32.6 Å². The third-order valence-electron chi connectivity index (χ3n) is 6.53. The van der Waals surface area contributed by atoms with Gasteiger partial charge in [0.2, 0.25) is 10.0 Å². The number of carbonyl (C=O) groups is 1. The highest BCUT2D eigenvalue weighted by Crippen LogP contribution is 2.42. The second-order valence-corrected chi connectivity index (χ2v) is 11.2. The quantitative estimate of drug-likeness (QED) is 0.357. The van der Waals surface area contributed by atoms with E-state index in [1.807, 2.05) is 0 Å². The van der Waals surface area contributed by atoms with Crippen LogP contribution in [0.3, 0.4) is 0 Å². The Bertz CT molecular complexity index is 1630. The van der Waals surface area contributed by atoms with Crippen LogP contribution in [0.1, 0.15) is 28.9 Å². The minimum atomic E-state index is -3.72. The summed E-state index contributed by atoms with van der Waals surface area (Å²) in [5.74, 6) is 0.519. The minimum Gasteiger partial charge on any atom is -0.457 e. The number of nitrogens with one attached hydrogen (secondary N) is 1. The van der Waals surface area contributed by atoms with Crippen molar-refractivity contribution in [2.75, 3.05) is 30.8 Å². The molecule has 1 aliphatic heterocycles. The Labute approximate surface area is 224 Å². The Morgan fingerprint density at radius 2 is 1.77 bits per heavy atom. The topological polar surface area (TPSA) is 118 Å². The molecule has 0 aliphatic carbocycles. The van der Waals surface area contributed by atoms with Gasteiger partial charge in [0.25, 0.3) is 5.91 Å². The number of nitrogens with zero attached hydrogens (tertiary/aromatic N) is 1. The van der Waals surface area contributed by atoms with Gasteiger partial charge in [-0.15, -0.1) is 0 Å². The lowest BCUT2D eigenvalue weighted by molar-refractivity contribution is -0.0227. The van der Waals surface area contributed by atoms with E-state index in [-0.39, 0.29) is 30.4 Å². The fourth-order valence-electron chi connectivity index (χ4n) is 4.66. The summed E-state index contributed by atoms with van der Waals surface area (Å²) in [4.78, 5) is 13.1. The molecule has 11 heteroatoms. The molecule has 204 valence electrons. The highest BCUT2D eigenvalue weighted by Gasteiger charge is 2.33. The first-order chi connectivity index (χ1) is 18.6. The number of furan rings is 1. The summed E-state index contributed by atoms with van der Waals surface area (Å²) in [5, 5.41) is 12.9. The van der Waals surface area contributed by atoms with Crippen molar-refractivity contribution in [3.63, 3.8) is 0 Å². The molecule has 0 radical (unpaired) electrons. The predicted octanol–water partition coefficient (Wildman–Crippen LogP) is 4.61. The maximum Gasteiger partial charge on any atom is 0.255 e. The van der Waals surface area contributed by atoms with Crippen LogP contribution in [0.2, 0.25) is 0 Å². The number of halogens is 1. The van der Waals surface area contributed by atoms with Crippen molar-refractivity contribution in [3.05, 3.63) is 77.6 Å². The van der Waals surface area contributed by atoms with Crippen LogP contribution >= 0.6 is 0 Å². The molecule has 1 aromatic heterocycles. The Balaban J connectivity index is 1.61. The van der Waals surface area contributed by atoms with E-state index < -0.39 is 22.2 Å². The third kappa shape index (κ3) is 5.20. The third-order valence-corrected chi connectivity index (χ3v) is 7.68. The second-order valence-electron chi connectivity index (χ2n) is 9.25. The van der Waals surface area contributed by atoms with E-state index in [9.17, 15) is 22.7 Å². The number of benzene rings is 3. The molecule has 2 heterocycles. The van der Waals surface area contributed by atoms with E-state index in [0.29, 0.717) is 45.0 Å². The van der Waals surface area contributed by atoms with Gasteiger partial charge >= 0.3 is 0 Å². The number of aliphatic hydroxyl groups is 1. The highest BCUT2D eigenvalue weighted by atomic mass is 32.2. The van der Waals surface area contributed by atoms with Crippen LogP contribution in [0, 0.1) is 5.82 Å². The van der Waals surface area contributed by atoms with Crippen LogP contribution in [0.25, 0.3) is 22.3 Å². The van der Waals surface area contributed by atoms with Crippen molar-refractivity contribution in [1.82, 2.24) is 5.32 Å². The normalized spacial score (nSPS) is 17.5. The first-order valence-electron chi connectivity index (χ1n) is 12.2. The lowest BCUT2D eigenvalue weighted by atomic mass is 10.0. The molecule has 2 unspecified atom stereocenters. The average molecular weight is 555 g/mol. The minimum absolute atomic E-state index is 0.0659. The summed E-state index contributed by atoms with van der Waals surface area (Å²) in [7, 11) is -2.21. The molecular weight excluding hydrogens is 527 g/mol. The molecule has 1 aliphatic rings. The molecule has 1 amide bonds. The van der Waals surface area contributed by atoms with Crippen LogP contribution in [0.15, 0.2) is 65.1 Å². The van der Waals surface area contributed by atoms with Crippen molar-refractivity contribution < 1.29 is 36.6 Å². The van der Waals surface area contributed by atoms with E-state index in [0.717, 1.165) is 6.26 Å². The van der Waals surface area contributed by atoms with Gasteiger partial charge in [-0.3, -0.25) is 9.10 Å². The Kier molecular flexibility index (Phi) is 7.06. The molecule has 0 saturated heterocycles. The molecular formula is C28H27FN2O7S. The van der Waals surface area contributed by atoms with Gasteiger partial charge in [0.15, 0.2) is 0 Å². The number of ether oxygens (including phenoxy) is 2. The summed E-state index contributed by atoms with van der Waals surface area (Å²) in [5.41, 5.74) is 2.10. The number of fused-ring (bicyclic) bond motifs is 2. The molecule has 0 bridgehead atoms. The number of hydrogen-bond acceptors (Lipinski definition) is 7. The molecule has 2 atom stereocenters. The van der Waals surface area contributed by atoms with Crippen LogP contribution in [-0.4, -0.2) is 52.0 Å². The zero-order valence-electron chi connectivity index (χ0n) is 21.5. The van der Waals surface area contributed by atoms with E-state index in [1.165, 1.54) is 35.6 Å². The average Bonchev–Trinajstić information content (AvgIpc) is 3.22. The van der Waals surface area contributed by atoms with Gasteiger partial charge in [0.05, 0.1) is 42.9 Å². The summed E-state index contributed by atoms with van der Waals surface area (Å²) in [6.07, 6.45) is -0.199. The van der Waals surface area contributed by atoms with Crippen molar-refractivity contribution in [2.24, 2.45) is 0 Å². The molecule has 3 aromatic carbocycles. The van der Waals surface area contributed by atoms with Crippen LogP contribution < -0.4 is 14.4 Å². The lowest BCUT2D eigenvalue weighted by Gasteiger charge is -2.24. The molecule has 4 aromatic rings. The van der Waals surface area contributed by atoms with E-state index >= 15 is 0 Å². The van der Waals surface area contributed by atoms with Gasteiger partial charge in [-0.2, -0.15) is 0 Å². The van der Waals surface area contributed by atoms with Crippen molar-refractivity contribution in [2.45, 2.75) is 19.1 Å². The van der Waals surface area contributed by atoms with Gasteiger partial charge in [-0.05, 0) is 61.5 Å². The van der Waals surface area contributed by atoms with Gasteiger partial charge in [0.1, 0.15) is 28.7 Å². The number of aliphatic hydroxyl groups excluding tert-OH is 1. The number of rotatable bonds is 6. The largest absolute Gasteiger partial charge is 0.457 e. The fourth-order valence-corrected chi connectivity index (χ4v) is 5.61. The molecule has 9 nitrogen and oxygen atoms in total. The summed E-state index contributed by atoms with van der Waals surface area (Å²) < 4.78 is 57.6. The molecule has 0 spiro atoms. The molecule has 0 saturated carbocycles. The van der Waals surface area contributed by atoms with Gasteiger partial charge in [-0.1, -0.05) is 0 Å². The molecule has 5 rings (SSSR count). The Hall–Kier alpha value is -3.93. The molecule has 39 heavy (non-hydrogen) atoms.